The van der Waals surface area contributed by atoms with Crippen molar-refractivity contribution in [3.63, 3.8) is 0 Å². The lowest BCUT2D eigenvalue weighted by molar-refractivity contribution is -0.0643. The number of rotatable bonds is 3. The zero-order chi connectivity index (χ0) is 19.3. The number of aliphatic hydroxyl groups excluding tert-OH is 1. The Morgan fingerprint density at radius 3 is 2.57 bits per heavy atom. The van der Waals surface area contributed by atoms with Crippen molar-refractivity contribution in [1.82, 2.24) is 20.7 Å². The maximum Gasteiger partial charge on any atom is 0.134 e. The Balaban J connectivity index is 1.46. The van der Waals surface area contributed by atoms with Crippen LogP contribution < -0.4 is 21.3 Å². The molecule has 2 aliphatic heterocycles. The van der Waals surface area contributed by atoms with Crippen molar-refractivity contribution in [3.05, 3.63) is 70.3 Å². The quantitative estimate of drug-likeness (QED) is 0.675. The van der Waals surface area contributed by atoms with Crippen LogP contribution in [-0.4, -0.2) is 40.1 Å². The molecule has 0 bridgehead atoms. The smallest absolute Gasteiger partial charge is 0.134 e. The van der Waals surface area contributed by atoms with E-state index < -0.39 is 6.23 Å². The number of piperazine rings is 1. The summed E-state index contributed by atoms with van der Waals surface area (Å²) in [5.41, 5.74) is 7.01. The van der Waals surface area contributed by atoms with E-state index >= 15 is 0 Å². The molecule has 2 heterocycles. The highest BCUT2D eigenvalue weighted by atomic mass is 35.5. The average molecular weight is 401 g/mol. The molecule has 1 atom stereocenters. The monoisotopic (exact) mass is 400 g/mol. The van der Waals surface area contributed by atoms with Crippen LogP contribution in [0.4, 0.5) is 4.39 Å². The molecule has 5 rings (SSSR count). The van der Waals surface area contributed by atoms with E-state index in [1.54, 1.807) is 6.07 Å². The molecule has 2 fully saturated rings. The van der Waals surface area contributed by atoms with Crippen LogP contribution in [0.5, 0.6) is 0 Å². The summed E-state index contributed by atoms with van der Waals surface area (Å²) in [6, 6.07) is 14.5. The van der Waals surface area contributed by atoms with E-state index in [0.717, 1.165) is 49.1 Å². The number of nitrogens with zero attached hydrogens (tertiary/aromatic N) is 2. The van der Waals surface area contributed by atoms with Crippen LogP contribution in [0.2, 0.25) is 0 Å². The van der Waals surface area contributed by atoms with Crippen molar-refractivity contribution in [2.45, 2.75) is 24.6 Å². The summed E-state index contributed by atoms with van der Waals surface area (Å²) < 4.78 is 13.7. The van der Waals surface area contributed by atoms with Gasteiger partial charge in [-0.05, 0) is 36.6 Å². The summed E-state index contributed by atoms with van der Waals surface area (Å²) in [6.07, 6.45) is 1.51. The van der Waals surface area contributed by atoms with Gasteiger partial charge in [0.25, 0.3) is 0 Å². The first-order valence-electron chi connectivity index (χ1n) is 9.54. The Bertz CT molecular complexity index is 1020. The summed E-state index contributed by atoms with van der Waals surface area (Å²) in [4.78, 5) is 4.49. The van der Waals surface area contributed by atoms with Gasteiger partial charge < -0.3 is 10.0 Å². The van der Waals surface area contributed by atoms with Gasteiger partial charge in [-0.1, -0.05) is 41.9 Å². The van der Waals surface area contributed by atoms with E-state index in [-0.39, 0.29) is 11.4 Å². The van der Waals surface area contributed by atoms with Crippen LogP contribution in [-0.2, 0) is 0 Å². The molecule has 1 saturated heterocycles. The number of fused-ring (bicyclic) bond motifs is 1. The molecule has 0 radical (unpaired) electrons. The molecule has 1 aliphatic carbocycles. The molecule has 146 valence electrons. The summed E-state index contributed by atoms with van der Waals surface area (Å²) in [5, 5.41) is 12.9. The molecule has 2 aromatic rings. The number of nitrogens with one attached hydrogen (secondary N) is 2. The molecule has 3 N–H and O–H groups in total. The van der Waals surface area contributed by atoms with E-state index in [1.807, 2.05) is 30.3 Å². The summed E-state index contributed by atoms with van der Waals surface area (Å²) >= 11 is 6.23. The van der Waals surface area contributed by atoms with Gasteiger partial charge in [0.15, 0.2) is 0 Å². The molecule has 0 amide bonds. The first kappa shape index (κ1) is 17.8. The number of hydrazine groups is 1. The zero-order valence-electron chi connectivity index (χ0n) is 15.3. The molecule has 7 heteroatoms. The van der Waals surface area contributed by atoms with Crippen LogP contribution in [0.3, 0.4) is 0 Å². The van der Waals surface area contributed by atoms with Crippen molar-refractivity contribution in [2.24, 2.45) is 0 Å². The topological polar surface area (TPSA) is 50.8 Å². The Kier molecular flexibility index (Phi) is 4.23. The minimum atomic E-state index is -0.600. The predicted molar refractivity (Wildman–Crippen MR) is 106 cm³/mol. The average Bonchev–Trinajstić information content (AvgIpc) is 3.48. The molecule has 1 unspecified atom stereocenters. The third-order valence-electron chi connectivity index (χ3n) is 6.01. The largest absolute Gasteiger partial charge is 0.374 e. The standard InChI is InChI=1S/C21H22ClFN4O/c22-18-17-12-15(23)6-7-16(17)19(25-24-18)26-10-11-27(21(13-26)8-9-21)20(28)14-4-2-1-3-5-14/h1-7,12,20,24-25,28H,8-11,13H2. The maximum atomic E-state index is 13.7. The molecule has 2 aromatic carbocycles. The summed E-state index contributed by atoms with van der Waals surface area (Å²) in [7, 11) is 0. The van der Waals surface area contributed by atoms with Gasteiger partial charge in [-0.25, -0.2) is 4.39 Å². The maximum absolute atomic E-state index is 13.7. The van der Waals surface area contributed by atoms with E-state index in [4.69, 9.17) is 11.6 Å². The second kappa shape index (κ2) is 6.65. The van der Waals surface area contributed by atoms with Crippen molar-refractivity contribution >= 4 is 22.6 Å². The predicted octanol–water partition coefficient (Wildman–Crippen LogP) is 1.14. The van der Waals surface area contributed by atoms with Crippen molar-refractivity contribution in [2.75, 3.05) is 19.6 Å². The normalized spacial score (nSPS) is 21.8. The second-order valence-electron chi connectivity index (χ2n) is 7.73. The summed E-state index contributed by atoms with van der Waals surface area (Å²) in [6.45, 7) is 2.30. The minimum Gasteiger partial charge on any atom is -0.374 e. The number of halogens is 2. The summed E-state index contributed by atoms with van der Waals surface area (Å²) in [5.74, 6) is 0.592. The zero-order valence-corrected chi connectivity index (χ0v) is 16.1. The van der Waals surface area contributed by atoms with Gasteiger partial charge in [0, 0.05) is 35.6 Å². The SMILES string of the molecule is OC(c1ccccc1)N1CCN(C2=c3ccc(F)cc3=C(Cl)NN2)CC12CC2. The minimum absolute atomic E-state index is 0.0344. The van der Waals surface area contributed by atoms with E-state index in [2.05, 4.69) is 20.7 Å². The molecule has 3 aliphatic rings. The molecular weight excluding hydrogens is 379 g/mol. The highest BCUT2D eigenvalue weighted by Crippen LogP contribution is 2.47. The van der Waals surface area contributed by atoms with Crippen LogP contribution in [0.15, 0.2) is 48.5 Å². The number of aliphatic hydroxyl groups is 1. The number of benzene rings is 2. The van der Waals surface area contributed by atoms with Gasteiger partial charge in [-0.3, -0.25) is 15.8 Å². The highest BCUT2D eigenvalue weighted by molar-refractivity contribution is 6.44. The van der Waals surface area contributed by atoms with E-state index in [0.29, 0.717) is 10.4 Å². The third-order valence-corrected chi connectivity index (χ3v) is 6.30. The van der Waals surface area contributed by atoms with Gasteiger partial charge in [0.1, 0.15) is 23.0 Å². The highest BCUT2D eigenvalue weighted by Gasteiger charge is 2.53. The Labute approximate surface area is 167 Å². The van der Waals surface area contributed by atoms with Crippen LogP contribution in [0.25, 0.3) is 11.0 Å². The molecule has 1 saturated carbocycles. The lowest BCUT2D eigenvalue weighted by Gasteiger charge is -2.46. The van der Waals surface area contributed by atoms with Crippen molar-refractivity contribution in [3.8, 4) is 0 Å². The van der Waals surface area contributed by atoms with Crippen LogP contribution in [0.1, 0.15) is 24.6 Å². The van der Waals surface area contributed by atoms with Gasteiger partial charge in [0.2, 0.25) is 0 Å². The lowest BCUT2D eigenvalue weighted by atomic mass is 10.1. The van der Waals surface area contributed by atoms with Crippen molar-refractivity contribution in [1.29, 1.82) is 0 Å². The Morgan fingerprint density at radius 1 is 1.04 bits per heavy atom. The Morgan fingerprint density at radius 2 is 1.82 bits per heavy atom. The number of hydrogen-bond donors (Lipinski definition) is 3. The van der Waals surface area contributed by atoms with E-state index in [1.165, 1.54) is 12.1 Å². The fourth-order valence-electron chi connectivity index (χ4n) is 4.36. The third kappa shape index (κ3) is 2.92. The van der Waals surface area contributed by atoms with E-state index in [9.17, 15) is 9.50 Å². The van der Waals surface area contributed by atoms with Crippen LogP contribution >= 0.6 is 11.6 Å². The lowest BCUT2D eigenvalue weighted by Crippen LogP contribution is -2.59. The van der Waals surface area contributed by atoms with Gasteiger partial charge >= 0.3 is 0 Å². The first-order chi connectivity index (χ1) is 13.6. The van der Waals surface area contributed by atoms with Gasteiger partial charge in [-0.2, -0.15) is 0 Å². The van der Waals surface area contributed by atoms with Gasteiger partial charge in [0.05, 0.1) is 0 Å². The Hall–Kier alpha value is -2.28. The molecule has 0 aromatic heterocycles. The first-order valence-corrected chi connectivity index (χ1v) is 9.92. The molecule has 5 nitrogen and oxygen atoms in total. The molecule has 28 heavy (non-hydrogen) atoms. The second-order valence-corrected chi connectivity index (χ2v) is 8.10. The van der Waals surface area contributed by atoms with Gasteiger partial charge in [-0.15, -0.1) is 0 Å². The number of hydrogen-bond acceptors (Lipinski definition) is 5. The van der Waals surface area contributed by atoms with Crippen molar-refractivity contribution < 1.29 is 9.50 Å². The van der Waals surface area contributed by atoms with Crippen LogP contribution in [0, 0.1) is 5.82 Å². The molecule has 1 spiro atoms. The fourth-order valence-corrected chi connectivity index (χ4v) is 4.56. The molecular formula is C21H22ClFN4O. The fraction of sp³-hybridized carbons (Fsp3) is 0.333.